The molecule has 0 aliphatic rings. The topological polar surface area (TPSA) is 21.3 Å². The third-order valence-corrected chi connectivity index (χ3v) is 2.01. The summed E-state index contributed by atoms with van der Waals surface area (Å²) in [6.45, 7) is 2.01. The van der Waals surface area contributed by atoms with E-state index in [-0.39, 0.29) is 0 Å². The van der Waals surface area contributed by atoms with Crippen molar-refractivity contribution in [3.8, 4) is 0 Å². The molecule has 0 aliphatic carbocycles. The first-order valence-corrected chi connectivity index (χ1v) is 5.05. The largest absolute Gasteiger partial charge is 0.383 e. The molecular weight excluding hydrogens is 212 g/mol. The third-order valence-electron chi connectivity index (χ3n) is 2.01. The predicted octanol–water partition coefficient (Wildman–Crippen LogP) is 2.21. The van der Waals surface area contributed by atoms with Gasteiger partial charge in [-0.15, -0.1) is 0 Å². The van der Waals surface area contributed by atoms with Crippen molar-refractivity contribution in [3.05, 3.63) is 41.5 Å². The van der Waals surface area contributed by atoms with Crippen molar-refractivity contribution in [2.24, 2.45) is 0 Å². The number of benzene rings is 1. The van der Waals surface area contributed by atoms with E-state index < -0.39 is 11.6 Å². The van der Waals surface area contributed by atoms with Crippen LogP contribution in [-0.4, -0.2) is 26.8 Å². The summed E-state index contributed by atoms with van der Waals surface area (Å²) in [4.78, 5) is 0. The van der Waals surface area contributed by atoms with Crippen LogP contribution >= 0.6 is 0 Å². The van der Waals surface area contributed by atoms with Crippen molar-refractivity contribution in [2.45, 2.75) is 0 Å². The molecule has 4 heteroatoms. The quantitative estimate of drug-likeness (QED) is 0.752. The van der Waals surface area contributed by atoms with Gasteiger partial charge in [0.2, 0.25) is 0 Å². The van der Waals surface area contributed by atoms with Crippen LogP contribution in [0, 0.1) is 11.6 Å². The minimum absolute atomic E-state index is 0.384. The molecule has 1 aromatic carbocycles. The van der Waals surface area contributed by atoms with Gasteiger partial charge in [-0.1, -0.05) is 12.2 Å². The Kier molecular flexibility index (Phi) is 5.67. The Morgan fingerprint density at radius 1 is 1.38 bits per heavy atom. The molecule has 2 nitrogen and oxygen atoms in total. The van der Waals surface area contributed by atoms with Gasteiger partial charge in [0.15, 0.2) is 0 Å². The molecule has 0 spiro atoms. The molecule has 0 radical (unpaired) electrons. The molecule has 0 bridgehead atoms. The summed E-state index contributed by atoms with van der Waals surface area (Å²) >= 11 is 0. The number of ether oxygens (including phenoxy) is 1. The molecular formula is C12H15F2NO. The molecule has 0 unspecified atom stereocenters. The van der Waals surface area contributed by atoms with Crippen LogP contribution in [0.3, 0.4) is 0 Å². The Bertz CT molecular complexity index is 353. The normalized spacial score (nSPS) is 11.2. The van der Waals surface area contributed by atoms with Crippen LogP contribution in [0.15, 0.2) is 24.3 Å². The van der Waals surface area contributed by atoms with E-state index in [9.17, 15) is 8.78 Å². The second kappa shape index (κ2) is 7.09. The fourth-order valence-corrected chi connectivity index (χ4v) is 1.18. The van der Waals surface area contributed by atoms with Crippen LogP contribution in [0.4, 0.5) is 8.78 Å². The molecule has 0 aromatic heterocycles. The van der Waals surface area contributed by atoms with Gasteiger partial charge in [0.1, 0.15) is 11.6 Å². The van der Waals surface area contributed by atoms with E-state index in [0.717, 1.165) is 12.6 Å². The number of hydrogen-bond acceptors (Lipinski definition) is 2. The first-order chi connectivity index (χ1) is 7.74. The van der Waals surface area contributed by atoms with Crippen LogP contribution in [0.25, 0.3) is 6.08 Å². The number of rotatable bonds is 6. The average molecular weight is 227 g/mol. The van der Waals surface area contributed by atoms with Gasteiger partial charge >= 0.3 is 0 Å². The molecule has 0 aliphatic heterocycles. The van der Waals surface area contributed by atoms with Gasteiger partial charge in [-0.2, -0.15) is 0 Å². The van der Waals surface area contributed by atoms with E-state index in [1.165, 1.54) is 12.1 Å². The molecule has 0 saturated heterocycles. The summed E-state index contributed by atoms with van der Waals surface area (Å²) in [6.07, 6.45) is 3.40. The van der Waals surface area contributed by atoms with Gasteiger partial charge in [-0.3, -0.25) is 0 Å². The zero-order chi connectivity index (χ0) is 11.8. The van der Waals surface area contributed by atoms with E-state index in [1.807, 2.05) is 0 Å². The number of hydrogen-bond donors (Lipinski definition) is 1. The highest BCUT2D eigenvalue weighted by Gasteiger charge is 1.99. The Labute approximate surface area is 93.9 Å². The first kappa shape index (κ1) is 12.8. The summed E-state index contributed by atoms with van der Waals surface area (Å²) < 4.78 is 30.6. The lowest BCUT2D eigenvalue weighted by Crippen LogP contribution is -2.18. The molecule has 1 aromatic rings. The first-order valence-electron chi connectivity index (χ1n) is 5.05. The van der Waals surface area contributed by atoms with Crippen molar-refractivity contribution in [2.75, 3.05) is 26.8 Å². The summed E-state index contributed by atoms with van der Waals surface area (Å²) in [6, 6.07) is 3.52. The maximum atomic E-state index is 13.1. The summed E-state index contributed by atoms with van der Waals surface area (Å²) in [5, 5.41) is 3.08. The monoisotopic (exact) mass is 227 g/mol. The van der Waals surface area contributed by atoms with Gasteiger partial charge in [-0.25, -0.2) is 8.78 Å². The van der Waals surface area contributed by atoms with Gasteiger partial charge < -0.3 is 10.1 Å². The van der Waals surface area contributed by atoms with E-state index in [2.05, 4.69) is 5.32 Å². The van der Waals surface area contributed by atoms with Crippen molar-refractivity contribution < 1.29 is 13.5 Å². The summed E-state index contributed by atoms with van der Waals surface area (Å²) in [5.41, 5.74) is 0.384. The van der Waals surface area contributed by atoms with Crippen LogP contribution in [0.5, 0.6) is 0 Å². The van der Waals surface area contributed by atoms with Crippen LogP contribution in [-0.2, 0) is 4.74 Å². The van der Waals surface area contributed by atoms with Crippen molar-refractivity contribution in [3.63, 3.8) is 0 Å². The molecule has 0 amide bonds. The number of nitrogens with one attached hydrogen (secondary N) is 1. The van der Waals surface area contributed by atoms with Gasteiger partial charge in [0, 0.05) is 31.8 Å². The van der Waals surface area contributed by atoms with E-state index >= 15 is 0 Å². The standard InChI is InChI=1S/C12H15F2NO/c1-16-8-7-15-6-2-3-10-4-5-11(13)9-12(10)14/h2-5,9,15H,6-8H2,1H3. The molecule has 1 N–H and O–H groups in total. The van der Waals surface area contributed by atoms with Crippen molar-refractivity contribution in [1.82, 2.24) is 5.32 Å². The van der Waals surface area contributed by atoms with Crippen LogP contribution in [0.1, 0.15) is 5.56 Å². The molecule has 0 saturated carbocycles. The highest BCUT2D eigenvalue weighted by Crippen LogP contribution is 2.10. The minimum Gasteiger partial charge on any atom is -0.383 e. The molecule has 0 heterocycles. The fourth-order valence-electron chi connectivity index (χ4n) is 1.18. The van der Waals surface area contributed by atoms with E-state index in [4.69, 9.17) is 4.74 Å². The Hall–Kier alpha value is -1.26. The van der Waals surface area contributed by atoms with Gasteiger partial charge in [0.05, 0.1) is 6.61 Å². The van der Waals surface area contributed by atoms with E-state index in [1.54, 1.807) is 19.3 Å². The van der Waals surface area contributed by atoms with E-state index in [0.29, 0.717) is 18.7 Å². The lowest BCUT2D eigenvalue weighted by atomic mass is 10.2. The lowest BCUT2D eigenvalue weighted by molar-refractivity contribution is 0.200. The predicted molar refractivity (Wildman–Crippen MR) is 60.1 cm³/mol. The average Bonchev–Trinajstić information content (AvgIpc) is 2.26. The third kappa shape index (κ3) is 4.51. The molecule has 88 valence electrons. The SMILES string of the molecule is COCCNCC=Cc1ccc(F)cc1F. The zero-order valence-electron chi connectivity index (χ0n) is 9.17. The minimum atomic E-state index is -0.562. The smallest absolute Gasteiger partial charge is 0.133 e. The Balaban J connectivity index is 2.38. The van der Waals surface area contributed by atoms with Gasteiger partial charge in [-0.05, 0) is 12.1 Å². The molecule has 16 heavy (non-hydrogen) atoms. The van der Waals surface area contributed by atoms with Gasteiger partial charge in [0.25, 0.3) is 0 Å². The lowest BCUT2D eigenvalue weighted by Gasteiger charge is -2.00. The highest BCUT2D eigenvalue weighted by molar-refractivity contribution is 5.49. The fraction of sp³-hybridized carbons (Fsp3) is 0.333. The molecule has 0 fully saturated rings. The Morgan fingerprint density at radius 3 is 2.88 bits per heavy atom. The van der Waals surface area contributed by atoms with Crippen LogP contribution in [0.2, 0.25) is 0 Å². The highest BCUT2D eigenvalue weighted by atomic mass is 19.1. The van der Waals surface area contributed by atoms with Crippen molar-refractivity contribution in [1.29, 1.82) is 0 Å². The molecule has 0 atom stereocenters. The van der Waals surface area contributed by atoms with Crippen LogP contribution < -0.4 is 5.32 Å². The number of halogens is 2. The maximum Gasteiger partial charge on any atom is 0.133 e. The zero-order valence-corrected chi connectivity index (χ0v) is 9.17. The molecule has 1 rings (SSSR count). The van der Waals surface area contributed by atoms with Crippen molar-refractivity contribution >= 4 is 6.08 Å². The number of methoxy groups -OCH3 is 1. The second-order valence-corrected chi connectivity index (χ2v) is 3.27. The summed E-state index contributed by atoms with van der Waals surface area (Å²) in [5.74, 6) is -1.11. The second-order valence-electron chi connectivity index (χ2n) is 3.27. The maximum absolute atomic E-state index is 13.1. The summed E-state index contributed by atoms with van der Waals surface area (Å²) in [7, 11) is 1.63. The Morgan fingerprint density at radius 2 is 2.19 bits per heavy atom.